The number of amides is 2. The topological polar surface area (TPSA) is 105 Å². The van der Waals surface area contributed by atoms with Crippen LogP contribution in [0.2, 0.25) is 0 Å². The molecule has 0 aromatic heterocycles. The van der Waals surface area contributed by atoms with E-state index in [4.69, 9.17) is 4.74 Å². The number of carbonyl (C=O) groups excluding carboxylic acids is 2. The van der Waals surface area contributed by atoms with Crippen molar-refractivity contribution in [2.45, 2.75) is 37.6 Å². The number of carboxylic acid groups (broad SMARTS) is 1. The maximum atomic E-state index is 12.9. The highest BCUT2D eigenvalue weighted by Gasteiger charge is 2.34. The lowest BCUT2D eigenvalue weighted by Crippen LogP contribution is -2.48. The van der Waals surface area contributed by atoms with Crippen molar-refractivity contribution in [3.63, 3.8) is 0 Å². The summed E-state index contributed by atoms with van der Waals surface area (Å²) in [6.07, 6.45) is 4.06. The Kier molecular flexibility index (Phi) is 8.33. The zero-order valence-corrected chi connectivity index (χ0v) is 20.7. The Balaban J connectivity index is 1.35. The third-order valence-electron chi connectivity index (χ3n) is 7.08. The Morgan fingerprint density at radius 2 is 1.71 bits per heavy atom. The molecule has 186 valence electrons. The lowest BCUT2D eigenvalue weighted by atomic mass is 9.96. The molecule has 1 fully saturated rings. The molecule has 4 rings (SSSR count). The van der Waals surface area contributed by atoms with E-state index < -0.39 is 24.0 Å². The second-order valence-corrected chi connectivity index (χ2v) is 10.2. The molecule has 2 amide bonds. The van der Waals surface area contributed by atoms with E-state index in [-0.39, 0.29) is 24.3 Å². The molecular formula is C27H32N2O5S. The summed E-state index contributed by atoms with van der Waals surface area (Å²) in [6.45, 7) is 0.483. The van der Waals surface area contributed by atoms with E-state index in [0.717, 1.165) is 35.1 Å². The number of carboxylic acids is 1. The molecule has 0 spiro atoms. The number of aliphatic carboxylic acids is 1. The Labute approximate surface area is 210 Å². The fourth-order valence-corrected chi connectivity index (χ4v) is 5.72. The number of ether oxygens (including phenoxy) is 1. The Hall–Kier alpha value is -3.00. The van der Waals surface area contributed by atoms with Crippen LogP contribution in [0, 0.1) is 11.8 Å². The van der Waals surface area contributed by atoms with Gasteiger partial charge in [-0.2, -0.15) is 11.8 Å². The monoisotopic (exact) mass is 496 g/mol. The van der Waals surface area contributed by atoms with Gasteiger partial charge in [-0.3, -0.25) is 9.59 Å². The molecule has 0 radical (unpaired) electrons. The van der Waals surface area contributed by atoms with Crippen LogP contribution in [-0.2, 0) is 14.3 Å². The van der Waals surface area contributed by atoms with Gasteiger partial charge in [-0.25, -0.2) is 4.79 Å². The molecule has 0 aliphatic heterocycles. The Bertz CT molecular complexity index is 1030. The van der Waals surface area contributed by atoms with Gasteiger partial charge < -0.3 is 20.5 Å². The molecule has 0 bridgehead atoms. The number of alkyl carbamates (subject to hydrolysis) is 1. The maximum Gasteiger partial charge on any atom is 0.407 e. The van der Waals surface area contributed by atoms with Crippen molar-refractivity contribution in [1.29, 1.82) is 0 Å². The van der Waals surface area contributed by atoms with Crippen LogP contribution < -0.4 is 10.6 Å². The molecule has 35 heavy (non-hydrogen) atoms. The quantitative estimate of drug-likeness (QED) is 0.454. The minimum atomic E-state index is -0.808. The van der Waals surface area contributed by atoms with E-state index in [1.807, 2.05) is 30.5 Å². The van der Waals surface area contributed by atoms with Crippen LogP contribution in [0.3, 0.4) is 0 Å². The molecule has 2 aromatic carbocycles. The highest BCUT2D eigenvalue weighted by Crippen LogP contribution is 2.44. The third kappa shape index (κ3) is 5.81. The number of thioether (sulfide) groups is 1. The summed E-state index contributed by atoms with van der Waals surface area (Å²) >= 11 is 1.59. The van der Waals surface area contributed by atoms with E-state index in [2.05, 4.69) is 34.9 Å². The second-order valence-electron chi connectivity index (χ2n) is 9.18. The molecule has 0 saturated heterocycles. The van der Waals surface area contributed by atoms with Gasteiger partial charge in [-0.05, 0) is 59.4 Å². The second kappa shape index (κ2) is 11.6. The lowest BCUT2D eigenvalue weighted by molar-refractivity contribution is -0.143. The molecule has 2 aliphatic carbocycles. The summed E-state index contributed by atoms with van der Waals surface area (Å²) in [7, 11) is 0. The first-order valence-corrected chi connectivity index (χ1v) is 13.5. The van der Waals surface area contributed by atoms with Crippen molar-refractivity contribution in [3.8, 4) is 11.1 Å². The standard InChI is InChI=1S/C27H32N2O5S/c1-35-14-13-24(25(30)28-15-17-7-6-12-18(17)26(31)32)29-27(33)34-16-23-21-10-4-2-8-19(21)20-9-3-5-11-22(20)23/h2-5,8-11,17-18,23-24H,6-7,12-16H2,1H3,(H,28,30)(H,29,33)(H,31,32)/t17-,18-,24-/m0/s1. The van der Waals surface area contributed by atoms with Gasteiger partial charge >= 0.3 is 12.1 Å². The van der Waals surface area contributed by atoms with Crippen molar-refractivity contribution in [1.82, 2.24) is 10.6 Å². The molecule has 0 unspecified atom stereocenters. The fraction of sp³-hybridized carbons (Fsp3) is 0.444. The van der Waals surface area contributed by atoms with Crippen molar-refractivity contribution in [2.24, 2.45) is 11.8 Å². The van der Waals surface area contributed by atoms with Gasteiger partial charge in [0.05, 0.1) is 5.92 Å². The summed E-state index contributed by atoms with van der Waals surface area (Å²) in [6, 6.07) is 15.5. The Morgan fingerprint density at radius 3 is 2.34 bits per heavy atom. The van der Waals surface area contributed by atoms with Crippen LogP contribution in [0.5, 0.6) is 0 Å². The molecule has 0 heterocycles. The highest BCUT2D eigenvalue weighted by atomic mass is 32.2. The average Bonchev–Trinajstić information content (AvgIpc) is 3.47. The number of hydrogen-bond donors (Lipinski definition) is 3. The number of hydrogen-bond acceptors (Lipinski definition) is 5. The number of carbonyl (C=O) groups is 3. The van der Waals surface area contributed by atoms with Gasteiger partial charge in [-0.1, -0.05) is 55.0 Å². The van der Waals surface area contributed by atoms with Gasteiger partial charge in [-0.15, -0.1) is 0 Å². The summed E-state index contributed by atoms with van der Waals surface area (Å²) in [5.41, 5.74) is 4.56. The van der Waals surface area contributed by atoms with E-state index in [1.165, 1.54) is 0 Å². The first-order chi connectivity index (χ1) is 17.0. The van der Waals surface area contributed by atoms with Gasteiger partial charge in [0.2, 0.25) is 5.91 Å². The predicted molar refractivity (Wildman–Crippen MR) is 136 cm³/mol. The van der Waals surface area contributed by atoms with Crippen molar-refractivity contribution >= 4 is 29.7 Å². The maximum absolute atomic E-state index is 12.9. The van der Waals surface area contributed by atoms with Crippen LogP contribution in [0.1, 0.15) is 42.7 Å². The average molecular weight is 497 g/mol. The summed E-state index contributed by atoms with van der Waals surface area (Å²) in [4.78, 5) is 37.0. The van der Waals surface area contributed by atoms with Crippen molar-refractivity contribution < 1.29 is 24.2 Å². The number of nitrogens with one attached hydrogen (secondary N) is 2. The van der Waals surface area contributed by atoms with Crippen LogP contribution in [0.25, 0.3) is 11.1 Å². The number of fused-ring (bicyclic) bond motifs is 3. The van der Waals surface area contributed by atoms with E-state index in [0.29, 0.717) is 25.1 Å². The first-order valence-electron chi connectivity index (χ1n) is 12.1. The SMILES string of the molecule is CSCC[C@H](NC(=O)OCC1c2ccccc2-c2ccccc21)C(=O)NC[C@@H]1CCC[C@@H]1C(=O)O. The summed E-state index contributed by atoms with van der Waals surface area (Å²) < 4.78 is 5.61. The molecule has 2 aromatic rings. The van der Waals surface area contributed by atoms with Crippen LogP contribution in [0.15, 0.2) is 48.5 Å². The minimum Gasteiger partial charge on any atom is -0.481 e. The number of rotatable bonds is 10. The zero-order valence-electron chi connectivity index (χ0n) is 19.9. The van der Waals surface area contributed by atoms with Crippen LogP contribution >= 0.6 is 11.8 Å². The third-order valence-corrected chi connectivity index (χ3v) is 7.72. The Morgan fingerprint density at radius 1 is 1.06 bits per heavy atom. The smallest absolute Gasteiger partial charge is 0.407 e. The fourth-order valence-electron chi connectivity index (χ4n) is 5.25. The normalized spacial score (nSPS) is 19.5. The molecular weight excluding hydrogens is 464 g/mol. The first kappa shape index (κ1) is 25.1. The van der Waals surface area contributed by atoms with Gasteiger partial charge in [0, 0.05) is 12.5 Å². The van der Waals surface area contributed by atoms with Crippen LogP contribution in [0.4, 0.5) is 4.79 Å². The van der Waals surface area contributed by atoms with Gasteiger partial charge in [0.25, 0.3) is 0 Å². The zero-order chi connectivity index (χ0) is 24.8. The van der Waals surface area contributed by atoms with E-state index >= 15 is 0 Å². The van der Waals surface area contributed by atoms with Crippen LogP contribution in [-0.4, -0.2) is 54.3 Å². The number of benzene rings is 2. The highest BCUT2D eigenvalue weighted by molar-refractivity contribution is 7.98. The molecule has 2 aliphatic rings. The van der Waals surface area contributed by atoms with Gasteiger partial charge in [0.15, 0.2) is 0 Å². The molecule has 3 atom stereocenters. The summed E-state index contributed by atoms with van der Waals surface area (Å²) in [5.74, 6) is -0.965. The minimum absolute atomic E-state index is 0.0538. The van der Waals surface area contributed by atoms with E-state index in [9.17, 15) is 19.5 Å². The molecule has 8 heteroatoms. The van der Waals surface area contributed by atoms with Crippen molar-refractivity contribution in [2.75, 3.05) is 25.2 Å². The van der Waals surface area contributed by atoms with Crippen molar-refractivity contribution in [3.05, 3.63) is 59.7 Å². The molecule has 7 nitrogen and oxygen atoms in total. The lowest BCUT2D eigenvalue weighted by Gasteiger charge is -2.21. The molecule has 1 saturated carbocycles. The van der Waals surface area contributed by atoms with Gasteiger partial charge in [0.1, 0.15) is 12.6 Å². The van der Waals surface area contributed by atoms with E-state index in [1.54, 1.807) is 11.8 Å². The largest absolute Gasteiger partial charge is 0.481 e. The molecule has 3 N–H and O–H groups in total. The predicted octanol–water partition coefficient (Wildman–Crippen LogP) is 4.26. The summed E-state index contributed by atoms with van der Waals surface area (Å²) in [5, 5.41) is 15.0.